The van der Waals surface area contributed by atoms with Crippen molar-refractivity contribution in [2.45, 2.75) is 86.8 Å². The topological polar surface area (TPSA) is 212 Å². The zero-order valence-corrected chi connectivity index (χ0v) is 23.1. The van der Waals surface area contributed by atoms with Gasteiger partial charge in [-0.05, 0) is 42.6 Å². The molecule has 2 aliphatic rings. The maximum Gasteiger partial charge on any atom is 0.338 e. The van der Waals surface area contributed by atoms with Crippen molar-refractivity contribution in [1.82, 2.24) is 4.90 Å². The molecule has 9 atom stereocenters. The molecule has 42 heavy (non-hydrogen) atoms. The van der Waals surface area contributed by atoms with E-state index in [1.54, 1.807) is 0 Å². The van der Waals surface area contributed by atoms with Crippen LogP contribution >= 0.6 is 0 Å². The summed E-state index contributed by atoms with van der Waals surface area (Å²) >= 11 is 0. The molecule has 2 aromatic rings. The largest absolute Gasteiger partial charge is 0.479 e. The molecule has 0 aromatic heterocycles. The monoisotopic (exact) mass is 591 g/mol. The van der Waals surface area contributed by atoms with Gasteiger partial charge in [-0.15, -0.1) is 0 Å². The first-order valence-corrected chi connectivity index (χ1v) is 14.2. The van der Waals surface area contributed by atoms with Crippen molar-refractivity contribution in [2.75, 3.05) is 13.1 Å². The molecular weight excluding hydrogens is 550 g/mol. The van der Waals surface area contributed by atoms with E-state index in [0.717, 1.165) is 36.0 Å². The lowest BCUT2D eigenvalue weighted by Crippen LogP contribution is -2.63. The number of likely N-dealkylation sites (tertiary alicyclic amines) is 1. The minimum absolute atomic E-state index is 0.109. The average Bonchev–Trinajstić information content (AvgIpc) is 3.34. The second-order valence-corrected chi connectivity index (χ2v) is 11.3. The molecule has 2 aromatic carbocycles. The maximum atomic E-state index is 11.3. The van der Waals surface area contributed by atoms with Crippen LogP contribution in [0, 0.1) is 5.92 Å². The molecule has 0 spiro atoms. The van der Waals surface area contributed by atoms with E-state index in [1.807, 2.05) is 59.5 Å². The number of benzene rings is 2. The fourth-order valence-corrected chi connectivity index (χ4v) is 6.15. The minimum Gasteiger partial charge on any atom is -0.479 e. The summed E-state index contributed by atoms with van der Waals surface area (Å²) in [5.41, 5.74) is 2.89. The third kappa shape index (κ3) is 7.00. The van der Waals surface area contributed by atoms with Crippen LogP contribution in [0.25, 0.3) is 11.1 Å². The number of hydrogen-bond acceptors (Lipinski definition) is 11. The minimum atomic E-state index is -3.74. The number of aliphatic hydroxyl groups is 8. The highest BCUT2D eigenvalue weighted by molar-refractivity contribution is 5.73. The van der Waals surface area contributed by atoms with Crippen molar-refractivity contribution < 1.29 is 55.5 Å². The Morgan fingerprint density at radius 2 is 1.48 bits per heavy atom. The number of piperidine rings is 1. The molecule has 1 saturated heterocycles. The van der Waals surface area contributed by atoms with Crippen molar-refractivity contribution in [3.8, 4) is 11.1 Å². The molecule has 9 N–H and O–H groups in total. The molecule has 232 valence electrons. The zero-order chi connectivity index (χ0) is 30.6. The number of aliphatic carboxylic acids is 1. The summed E-state index contributed by atoms with van der Waals surface area (Å²) in [5, 5.41) is 92.6. The predicted molar refractivity (Wildman–Crippen MR) is 149 cm³/mol. The molecule has 12 nitrogen and oxygen atoms in total. The number of rotatable bonds is 12. The van der Waals surface area contributed by atoms with Crippen molar-refractivity contribution in [3.63, 3.8) is 0 Å². The fraction of sp³-hybridized carbons (Fsp3) is 0.567. The van der Waals surface area contributed by atoms with Crippen LogP contribution < -0.4 is 0 Å². The number of carboxylic acids is 1. The van der Waals surface area contributed by atoms with Gasteiger partial charge in [0.05, 0.1) is 24.9 Å². The summed E-state index contributed by atoms with van der Waals surface area (Å²) in [4.78, 5) is 13.0. The second-order valence-electron chi connectivity index (χ2n) is 11.3. The molecule has 1 aliphatic carbocycles. The first-order chi connectivity index (χ1) is 19.9. The van der Waals surface area contributed by atoms with Crippen molar-refractivity contribution >= 4 is 5.97 Å². The van der Waals surface area contributed by atoms with E-state index in [0.29, 0.717) is 13.1 Å². The Balaban J connectivity index is 1.52. The van der Waals surface area contributed by atoms with Crippen molar-refractivity contribution in [2.24, 2.45) is 5.92 Å². The Kier molecular flexibility index (Phi) is 10.7. The summed E-state index contributed by atoms with van der Waals surface area (Å²) < 4.78 is 6.17. The molecule has 9 unspecified atom stereocenters. The van der Waals surface area contributed by atoms with Crippen LogP contribution in [-0.4, -0.2) is 124 Å². The van der Waals surface area contributed by atoms with E-state index in [-0.39, 0.29) is 13.0 Å². The number of ether oxygens (including phenoxy) is 1. The highest BCUT2D eigenvalue weighted by Gasteiger charge is 2.55. The number of carboxylic acid groups (broad SMARTS) is 1. The Morgan fingerprint density at radius 1 is 0.881 bits per heavy atom. The standard InChI is InChI=1S/C30H41NO11/c32-20-15-21(42-16-17-9-11-19(12-10-17)18-7-3-1-4-8-18)22(23(20)31-13-5-2-6-14-31)24(33)25(34)26(35)27(36)30(40,41)28(37)29(38)39/h1,3-4,7-12,20-28,32-37,40-41H,2,5-6,13-16H2,(H,38,39). The zero-order valence-electron chi connectivity index (χ0n) is 23.1. The van der Waals surface area contributed by atoms with Gasteiger partial charge in [-0.2, -0.15) is 0 Å². The van der Waals surface area contributed by atoms with E-state index in [9.17, 15) is 45.6 Å². The summed E-state index contributed by atoms with van der Waals surface area (Å²) in [6.07, 6.45) is -11.1. The highest BCUT2D eigenvalue weighted by Crippen LogP contribution is 2.39. The Morgan fingerprint density at radius 3 is 2.07 bits per heavy atom. The fourth-order valence-electron chi connectivity index (χ4n) is 6.15. The summed E-state index contributed by atoms with van der Waals surface area (Å²) in [7, 11) is 0. The molecule has 1 heterocycles. The van der Waals surface area contributed by atoms with E-state index >= 15 is 0 Å². The van der Waals surface area contributed by atoms with Gasteiger partial charge in [0.2, 0.25) is 11.9 Å². The van der Waals surface area contributed by atoms with Crippen LogP contribution in [0.1, 0.15) is 31.2 Å². The summed E-state index contributed by atoms with van der Waals surface area (Å²) in [6.45, 7) is 1.37. The van der Waals surface area contributed by atoms with E-state index in [1.165, 1.54) is 0 Å². The molecule has 2 fully saturated rings. The smallest absolute Gasteiger partial charge is 0.338 e. The lowest BCUT2D eigenvalue weighted by atomic mass is 9.84. The molecule has 1 aliphatic heterocycles. The lowest BCUT2D eigenvalue weighted by Gasteiger charge is -2.42. The van der Waals surface area contributed by atoms with Crippen LogP contribution in [0.3, 0.4) is 0 Å². The maximum absolute atomic E-state index is 11.3. The summed E-state index contributed by atoms with van der Waals surface area (Å²) in [6, 6.07) is 16.8. The molecule has 12 heteroatoms. The molecular formula is C30H41NO11. The van der Waals surface area contributed by atoms with E-state index < -0.39 is 66.4 Å². The third-order valence-electron chi connectivity index (χ3n) is 8.52. The van der Waals surface area contributed by atoms with Crippen LogP contribution in [0.5, 0.6) is 0 Å². The first-order valence-electron chi connectivity index (χ1n) is 14.2. The number of nitrogens with zero attached hydrogens (tertiary/aromatic N) is 1. The van der Waals surface area contributed by atoms with E-state index in [4.69, 9.17) is 9.84 Å². The lowest BCUT2D eigenvalue weighted by molar-refractivity contribution is -0.298. The van der Waals surface area contributed by atoms with Crippen molar-refractivity contribution in [3.05, 3.63) is 60.2 Å². The third-order valence-corrected chi connectivity index (χ3v) is 8.52. The Labute approximate surface area is 243 Å². The average molecular weight is 592 g/mol. The van der Waals surface area contributed by atoms with Gasteiger partial charge in [-0.25, -0.2) is 4.79 Å². The van der Waals surface area contributed by atoms with Gasteiger partial charge in [0, 0.05) is 18.4 Å². The molecule has 1 saturated carbocycles. The van der Waals surface area contributed by atoms with Gasteiger partial charge in [0.25, 0.3) is 0 Å². The van der Waals surface area contributed by atoms with Gasteiger partial charge in [-0.1, -0.05) is 61.0 Å². The first kappa shape index (κ1) is 32.4. The van der Waals surface area contributed by atoms with Gasteiger partial charge in [0.1, 0.15) is 18.3 Å². The quantitative estimate of drug-likeness (QED) is 0.137. The number of hydrogen-bond donors (Lipinski definition) is 9. The summed E-state index contributed by atoms with van der Waals surface area (Å²) in [5.74, 6) is -6.81. The molecule has 0 amide bonds. The van der Waals surface area contributed by atoms with Crippen LogP contribution in [0.2, 0.25) is 0 Å². The SMILES string of the molecule is O=C(O)C(O)C(O)(O)C(O)C(O)C(O)C(O)C1C(OCc2ccc(-c3ccccc3)cc2)CC(O)C1N1CCCCC1. The Hall–Kier alpha value is -2.49. The van der Waals surface area contributed by atoms with Crippen molar-refractivity contribution in [1.29, 1.82) is 0 Å². The molecule has 0 radical (unpaired) electrons. The second kappa shape index (κ2) is 13.9. The van der Waals surface area contributed by atoms with Gasteiger partial charge >= 0.3 is 5.97 Å². The van der Waals surface area contributed by atoms with Gasteiger partial charge in [-0.3, -0.25) is 4.90 Å². The van der Waals surface area contributed by atoms with Crippen LogP contribution in [-0.2, 0) is 16.1 Å². The van der Waals surface area contributed by atoms with E-state index in [2.05, 4.69) is 0 Å². The normalized spacial score (nSPS) is 27.2. The number of carbonyl (C=O) groups is 1. The number of aliphatic hydroxyl groups excluding tert-OH is 6. The molecule has 0 bridgehead atoms. The highest BCUT2D eigenvalue weighted by atomic mass is 16.6. The molecule has 4 rings (SSSR count). The predicted octanol–water partition coefficient (Wildman–Crippen LogP) is -0.956. The Bertz CT molecular complexity index is 1140. The van der Waals surface area contributed by atoms with Gasteiger partial charge in [0.15, 0.2) is 0 Å². The van der Waals surface area contributed by atoms with Gasteiger partial charge < -0.3 is 50.7 Å². The van der Waals surface area contributed by atoms with Crippen LogP contribution in [0.15, 0.2) is 54.6 Å². The van der Waals surface area contributed by atoms with Crippen LogP contribution in [0.4, 0.5) is 0 Å².